The van der Waals surface area contributed by atoms with Gasteiger partial charge in [-0.2, -0.15) is 0 Å². The standard InChI is InChI=1S/C16H31N3O2S/c1-3-5-7-8-10-15(9-6-4-2)11-12-19-22(20,21)16-17-13-14-18-16/h13-15,19H,3-12H2,1-2H3,(H,17,18). The average molecular weight is 330 g/mol. The Hall–Kier alpha value is -0.880. The summed E-state index contributed by atoms with van der Waals surface area (Å²) < 4.78 is 26.6. The van der Waals surface area contributed by atoms with Gasteiger partial charge in [0.1, 0.15) is 0 Å². The van der Waals surface area contributed by atoms with Crippen LogP contribution in [0, 0.1) is 5.92 Å². The molecule has 1 heterocycles. The molecular weight excluding hydrogens is 298 g/mol. The van der Waals surface area contributed by atoms with Gasteiger partial charge in [-0.15, -0.1) is 0 Å². The zero-order chi connectivity index (χ0) is 16.3. The molecule has 0 aromatic carbocycles. The Balaban J connectivity index is 2.35. The molecule has 5 nitrogen and oxygen atoms in total. The van der Waals surface area contributed by atoms with Gasteiger partial charge in [0, 0.05) is 18.9 Å². The van der Waals surface area contributed by atoms with Crippen LogP contribution in [0.5, 0.6) is 0 Å². The van der Waals surface area contributed by atoms with Crippen molar-refractivity contribution in [2.24, 2.45) is 5.92 Å². The van der Waals surface area contributed by atoms with Crippen LogP contribution in [-0.2, 0) is 10.0 Å². The minimum Gasteiger partial charge on any atom is -0.334 e. The fraction of sp³-hybridized carbons (Fsp3) is 0.812. The summed E-state index contributed by atoms with van der Waals surface area (Å²) in [5, 5.41) is 0.000513. The number of rotatable bonds is 13. The number of aromatic amines is 1. The van der Waals surface area contributed by atoms with E-state index in [1.165, 1.54) is 63.8 Å². The molecule has 0 fully saturated rings. The van der Waals surface area contributed by atoms with Crippen LogP contribution in [-0.4, -0.2) is 24.9 Å². The van der Waals surface area contributed by atoms with Crippen LogP contribution in [0.4, 0.5) is 0 Å². The SMILES string of the molecule is CCCCCCC(CCCC)CCNS(=O)(=O)c1ncc[nH]1. The van der Waals surface area contributed by atoms with E-state index in [1.807, 2.05) is 0 Å². The maximum absolute atomic E-state index is 12.0. The molecular formula is C16H31N3O2S. The summed E-state index contributed by atoms with van der Waals surface area (Å²) in [5.74, 6) is 0.621. The van der Waals surface area contributed by atoms with E-state index in [-0.39, 0.29) is 5.16 Å². The number of nitrogens with one attached hydrogen (secondary N) is 2. The van der Waals surface area contributed by atoms with Gasteiger partial charge < -0.3 is 4.98 Å². The molecule has 0 spiro atoms. The van der Waals surface area contributed by atoms with Crippen molar-refractivity contribution in [3.8, 4) is 0 Å². The summed E-state index contributed by atoms with van der Waals surface area (Å²) in [6, 6.07) is 0. The van der Waals surface area contributed by atoms with Gasteiger partial charge in [-0.3, -0.25) is 0 Å². The van der Waals surface area contributed by atoms with Crippen LogP contribution in [0.25, 0.3) is 0 Å². The minimum atomic E-state index is -3.48. The van der Waals surface area contributed by atoms with Gasteiger partial charge in [-0.05, 0) is 12.3 Å². The zero-order valence-corrected chi connectivity index (χ0v) is 14.8. The molecule has 128 valence electrons. The lowest BCUT2D eigenvalue weighted by atomic mass is 9.92. The van der Waals surface area contributed by atoms with Gasteiger partial charge in [0.15, 0.2) is 0 Å². The third-order valence-corrected chi connectivity index (χ3v) is 5.32. The predicted octanol–water partition coefficient (Wildman–Crippen LogP) is 3.85. The molecule has 0 aliphatic heterocycles. The van der Waals surface area contributed by atoms with Crippen LogP contribution in [0.2, 0.25) is 0 Å². The van der Waals surface area contributed by atoms with Crippen molar-refractivity contribution in [1.29, 1.82) is 0 Å². The monoisotopic (exact) mass is 329 g/mol. The van der Waals surface area contributed by atoms with E-state index < -0.39 is 10.0 Å². The van der Waals surface area contributed by atoms with Gasteiger partial charge in [0.05, 0.1) is 0 Å². The molecule has 1 aromatic rings. The Bertz CT molecular complexity index is 472. The Morgan fingerprint density at radius 1 is 1.09 bits per heavy atom. The van der Waals surface area contributed by atoms with Crippen molar-refractivity contribution in [3.05, 3.63) is 12.4 Å². The first kappa shape index (κ1) is 19.2. The minimum absolute atomic E-state index is 0.000513. The molecule has 0 bridgehead atoms. The molecule has 2 N–H and O–H groups in total. The molecule has 1 atom stereocenters. The third-order valence-electron chi connectivity index (χ3n) is 4.00. The fourth-order valence-corrected chi connectivity index (χ4v) is 3.60. The second-order valence-corrected chi connectivity index (χ2v) is 7.62. The number of hydrogen-bond donors (Lipinski definition) is 2. The molecule has 0 amide bonds. The normalized spacial score (nSPS) is 13.4. The van der Waals surface area contributed by atoms with Crippen LogP contribution < -0.4 is 4.72 Å². The number of unbranched alkanes of at least 4 members (excludes halogenated alkanes) is 4. The van der Waals surface area contributed by atoms with Crippen molar-refractivity contribution in [3.63, 3.8) is 0 Å². The van der Waals surface area contributed by atoms with E-state index in [1.54, 1.807) is 0 Å². The number of imidazole rings is 1. The first-order chi connectivity index (χ1) is 10.6. The van der Waals surface area contributed by atoms with Crippen LogP contribution >= 0.6 is 0 Å². The van der Waals surface area contributed by atoms with E-state index >= 15 is 0 Å². The van der Waals surface area contributed by atoms with E-state index in [0.29, 0.717) is 12.5 Å². The number of aromatic nitrogens is 2. The zero-order valence-electron chi connectivity index (χ0n) is 14.0. The van der Waals surface area contributed by atoms with E-state index in [4.69, 9.17) is 0 Å². The van der Waals surface area contributed by atoms with Gasteiger partial charge in [0.2, 0.25) is 5.16 Å². The van der Waals surface area contributed by atoms with Gasteiger partial charge >= 0.3 is 0 Å². The van der Waals surface area contributed by atoms with Crippen molar-refractivity contribution in [1.82, 2.24) is 14.7 Å². The smallest absolute Gasteiger partial charge is 0.274 e. The van der Waals surface area contributed by atoms with Crippen molar-refractivity contribution < 1.29 is 8.42 Å². The lowest BCUT2D eigenvalue weighted by Crippen LogP contribution is -2.27. The molecule has 0 aliphatic carbocycles. The first-order valence-electron chi connectivity index (χ1n) is 8.59. The van der Waals surface area contributed by atoms with Crippen molar-refractivity contribution in [2.45, 2.75) is 76.8 Å². The molecule has 0 saturated heterocycles. The predicted molar refractivity (Wildman–Crippen MR) is 90.2 cm³/mol. The molecule has 0 saturated carbocycles. The highest BCUT2D eigenvalue weighted by Crippen LogP contribution is 2.20. The number of hydrogen-bond acceptors (Lipinski definition) is 3. The lowest BCUT2D eigenvalue weighted by Gasteiger charge is -2.16. The number of sulfonamides is 1. The summed E-state index contributed by atoms with van der Waals surface area (Å²) in [6.07, 6.45) is 13.8. The molecule has 1 unspecified atom stereocenters. The summed E-state index contributed by atoms with van der Waals surface area (Å²) in [4.78, 5) is 6.44. The molecule has 1 aromatic heterocycles. The average Bonchev–Trinajstić information content (AvgIpc) is 3.03. The molecule has 22 heavy (non-hydrogen) atoms. The summed E-state index contributed by atoms with van der Waals surface area (Å²) in [5.41, 5.74) is 0. The Morgan fingerprint density at radius 3 is 2.45 bits per heavy atom. The Labute approximate surface area is 135 Å². The summed E-state index contributed by atoms with van der Waals surface area (Å²) in [7, 11) is -3.48. The molecule has 0 radical (unpaired) electrons. The van der Waals surface area contributed by atoms with Crippen molar-refractivity contribution >= 4 is 10.0 Å². The van der Waals surface area contributed by atoms with Gasteiger partial charge in [0.25, 0.3) is 10.0 Å². The van der Waals surface area contributed by atoms with Crippen LogP contribution in [0.1, 0.15) is 71.6 Å². The highest BCUT2D eigenvalue weighted by molar-refractivity contribution is 7.89. The van der Waals surface area contributed by atoms with Gasteiger partial charge in [-0.25, -0.2) is 18.1 Å². The summed E-state index contributed by atoms with van der Waals surface area (Å²) in [6.45, 7) is 4.91. The fourth-order valence-electron chi connectivity index (χ4n) is 2.65. The molecule has 6 heteroatoms. The maximum atomic E-state index is 12.0. The van der Waals surface area contributed by atoms with E-state index in [2.05, 4.69) is 28.5 Å². The second kappa shape index (κ2) is 10.8. The first-order valence-corrected chi connectivity index (χ1v) is 10.1. The summed E-state index contributed by atoms with van der Waals surface area (Å²) >= 11 is 0. The highest BCUT2D eigenvalue weighted by atomic mass is 32.2. The molecule has 1 rings (SSSR count). The highest BCUT2D eigenvalue weighted by Gasteiger charge is 2.17. The Kier molecular flexibility index (Phi) is 9.39. The molecule has 0 aliphatic rings. The van der Waals surface area contributed by atoms with Gasteiger partial charge in [-0.1, -0.05) is 65.2 Å². The van der Waals surface area contributed by atoms with E-state index in [0.717, 1.165) is 6.42 Å². The Morgan fingerprint density at radius 2 is 1.82 bits per heavy atom. The lowest BCUT2D eigenvalue weighted by molar-refractivity contribution is 0.387. The number of nitrogens with zero attached hydrogens (tertiary/aromatic N) is 1. The maximum Gasteiger partial charge on any atom is 0.274 e. The second-order valence-electron chi connectivity index (χ2n) is 5.94. The largest absolute Gasteiger partial charge is 0.334 e. The number of H-pyrrole nitrogens is 1. The van der Waals surface area contributed by atoms with Crippen LogP contribution in [0.3, 0.4) is 0 Å². The van der Waals surface area contributed by atoms with Crippen LogP contribution in [0.15, 0.2) is 17.6 Å². The quantitative estimate of drug-likeness (QED) is 0.540. The van der Waals surface area contributed by atoms with Crippen molar-refractivity contribution in [2.75, 3.05) is 6.54 Å². The van der Waals surface area contributed by atoms with E-state index in [9.17, 15) is 8.42 Å². The topological polar surface area (TPSA) is 74.8 Å². The third kappa shape index (κ3) is 7.40.